The SMILES string of the molecule is O=C1C(CCC(O)c2ccccc2)C(c2ccc(-c3ccc(P(=O)(O)O)cc3)c(O)c2)N1c1ccccc1F. The van der Waals surface area contributed by atoms with Crippen molar-refractivity contribution in [1.82, 2.24) is 0 Å². The molecule has 9 heteroatoms. The van der Waals surface area contributed by atoms with E-state index in [2.05, 4.69) is 0 Å². The molecular formula is C30H27FNO6P. The summed E-state index contributed by atoms with van der Waals surface area (Å²) in [5, 5.41) is 21.4. The van der Waals surface area contributed by atoms with Gasteiger partial charge in [0.05, 0.1) is 29.1 Å². The summed E-state index contributed by atoms with van der Waals surface area (Å²) in [6, 6.07) is 25.2. The monoisotopic (exact) mass is 547 g/mol. The van der Waals surface area contributed by atoms with Gasteiger partial charge in [-0.15, -0.1) is 0 Å². The first-order valence-corrected chi connectivity index (χ1v) is 14.1. The molecule has 1 amide bonds. The van der Waals surface area contributed by atoms with Crippen molar-refractivity contribution >= 4 is 24.5 Å². The number of carbonyl (C=O) groups is 1. The Labute approximate surface area is 225 Å². The van der Waals surface area contributed by atoms with Crippen LogP contribution in [0.15, 0.2) is 97.1 Å². The number of aliphatic hydroxyl groups excluding tert-OH is 1. The van der Waals surface area contributed by atoms with Crippen molar-refractivity contribution in [2.24, 2.45) is 5.92 Å². The summed E-state index contributed by atoms with van der Waals surface area (Å²) < 4.78 is 26.2. The number of anilines is 1. The van der Waals surface area contributed by atoms with Gasteiger partial charge in [0, 0.05) is 5.56 Å². The lowest BCUT2D eigenvalue weighted by Crippen LogP contribution is -2.55. The minimum atomic E-state index is -4.39. The summed E-state index contributed by atoms with van der Waals surface area (Å²) >= 11 is 0. The molecule has 1 saturated heterocycles. The van der Waals surface area contributed by atoms with Gasteiger partial charge >= 0.3 is 7.60 Å². The number of amides is 1. The maximum absolute atomic E-state index is 14.7. The second-order valence-electron chi connectivity index (χ2n) is 9.58. The standard InChI is InChI=1S/C30H27FNO6P/c31-25-8-4-5-9-26(25)32-29(24(30(32)35)16-17-27(33)20-6-2-1-3-7-20)21-12-15-23(28(34)18-21)19-10-13-22(14-11-19)39(36,37)38/h1-15,18,24,27,29,33-34H,16-17H2,(H2,36,37,38). The Morgan fingerprint density at radius 2 is 1.56 bits per heavy atom. The molecule has 4 aromatic rings. The molecule has 3 unspecified atom stereocenters. The summed E-state index contributed by atoms with van der Waals surface area (Å²) in [6.07, 6.45) is -0.0661. The number of hydrogen-bond acceptors (Lipinski definition) is 4. The molecule has 4 N–H and O–H groups in total. The Morgan fingerprint density at radius 1 is 0.897 bits per heavy atom. The van der Waals surface area contributed by atoms with E-state index in [1.807, 2.05) is 30.3 Å². The summed E-state index contributed by atoms with van der Waals surface area (Å²) in [5.74, 6) is -1.42. The van der Waals surface area contributed by atoms with Crippen LogP contribution in [0.2, 0.25) is 0 Å². The van der Waals surface area contributed by atoms with Crippen molar-refractivity contribution in [1.29, 1.82) is 0 Å². The first-order valence-electron chi connectivity index (χ1n) is 12.4. The van der Waals surface area contributed by atoms with Crippen LogP contribution in [0.1, 0.15) is 36.1 Å². The van der Waals surface area contributed by atoms with E-state index in [4.69, 9.17) is 0 Å². The average molecular weight is 548 g/mol. The third-order valence-electron chi connectivity index (χ3n) is 7.14. The number of rotatable bonds is 8. The van der Waals surface area contributed by atoms with Gasteiger partial charge < -0.3 is 24.9 Å². The van der Waals surface area contributed by atoms with Crippen LogP contribution in [0, 0.1) is 11.7 Å². The number of benzene rings is 4. The minimum absolute atomic E-state index is 0.0904. The Hall–Kier alpha value is -3.81. The van der Waals surface area contributed by atoms with E-state index in [1.54, 1.807) is 24.3 Å². The Balaban J connectivity index is 1.44. The lowest BCUT2D eigenvalue weighted by molar-refractivity contribution is -0.131. The van der Waals surface area contributed by atoms with E-state index in [-0.39, 0.29) is 22.6 Å². The first-order chi connectivity index (χ1) is 18.6. The molecule has 5 rings (SSSR count). The maximum Gasteiger partial charge on any atom is 0.356 e. The Bertz CT molecular complexity index is 1540. The number of halogens is 1. The van der Waals surface area contributed by atoms with Crippen molar-refractivity contribution in [2.45, 2.75) is 25.0 Å². The molecule has 1 aliphatic heterocycles. The van der Waals surface area contributed by atoms with Crippen LogP contribution < -0.4 is 10.2 Å². The largest absolute Gasteiger partial charge is 0.507 e. The smallest absolute Gasteiger partial charge is 0.356 e. The fourth-order valence-corrected chi connectivity index (χ4v) is 5.66. The topological polar surface area (TPSA) is 118 Å². The van der Waals surface area contributed by atoms with Gasteiger partial charge in [0.15, 0.2) is 0 Å². The summed E-state index contributed by atoms with van der Waals surface area (Å²) in [6.45, 7) is 0. The predicted octanol–water partition coefficient (Wildman–Crippen LogP) is 5.22. The normalized spacial score (nSPS) is 18.1. The number of aromatic hydroxyl groups is 1. The van der Waals surface area contributed by atoms with E-state index in [9.17, 15) is 33.7 Å². The second kappa shape index (κ2) is 10.8. The molecule has 1 heterocycles. The zero-order valence-electron chi connectivity index (χ0n) is 20.8. The molecule has 1 aliphatic rings. The number of phenols is 1. The van der Waals surface area contributed by atoms with Crippen molar-refractivity contribution in [3.05, 3.63) is 114 Å². The first kappa shape index (κ1) is 26.8. The summed E-state index contributed by atoms with van der Waals surface area (Å²) in [7, 11) is -4.39. The van der Waals surface area contributed by atoms with Gasteiger partial charge in [-0.25, -0.2) is 4.39 Å². The van der Waals surface area contributed by atoms with E-state index >= 15 is 0 Å². The molecule has 7 nitrogen and oxygen atoms in total. The van der Waals surface area contributed by atoms with Crippen molar-refractivity contribution in [3.63, 3.8) is 0 Å². The van der Waals surface area contributed by atoms with E-state index in [0.29, 0.717) is 29.5 Å². The van der Waals surface area contributed by atoms with Crippen molar-refractivity contribution in [2.75, 3.05) is 4.90 Å². The molecule has 200 valence electrons. The van der Waals surface area contributed by atoms with Crippen molar-refractivity contribution in [3.8, 4) is 16.9 Å². The number of carbonyl (C=O) groups excluding carboxylic acids is 1. The fraction of sp³-hybridized carbons (Fsp3) is 0.167. The number of aliphatic hydroxyl groups is 1. The highest BCUT2D eigenvalue weighted by atomic mass is 31.2. The minimum Gasteiger partial charge on any atom is -0.507 e. The van der Waals surface area contributed by atoms with E-state index in [1.165, 1.54) is 47.4 Å². The van der Waals surface area contributed by atoms with Gasteiger partial charge in [-0.1, -0.05) is 66.7 Å². The second-order valence-corrected chi connectivity index (χ2v) is 11.2. The molecule has 4 aromatic carbocycles. The average Bonchev–Trinajstić information content (AvgIpc) is 2.92. The Morgan fingerprint density at radius 3 is 2.21 bits per heavy atom. The maximum atomic E-state index is 14.7. The highest BCUT2D eigenvalue weighted by Gasteiger charge is 2.49. The van der Waals surface area contributed by atoms with Gasteiger partial charge in [-0.2, -0.15) is 0 Å². The predicted molar refractivity (Wildman–Crippen MR) is 146 cm³/mol. The zero-order valence-corrected chi connectivity index (χ0v) is 21.7. The van der Waals surface area contributed by atoms with Crippen LogP contribution in [-0.2, 0) is 9.36 Å². The van der Waals surface area contributed by atoms with Crippen LogP contribution >= 0.6 is 7.60 Å². The van der Waals surface area contributed by atoms with Gasteiger partial charge in [-0.3, -0.25) is 9.36 Å². The van der Waals surface area contributed by atoms with Crippen molar-refractivity contribution < 1.29 is 33.7 Å². The van der Waals surface area contributed by atoms with Crippen LogP contribution in [0.4, 0.5) is 10.1 Å². The number of nitrogens with zero attached hydrogens (tertiary/aromatic N) is 1. The number of phenolic OH excluding ortho intramolecular Hbond substituents is 1. The molecule has 3 atom stereocenters. The van der Waals surface area contributed by atoms with Crippen LogP contribution in [0.5, 0.6) is 5.75 Å². The molecule has 0 bridgehead atoms. The number of hydrogen-bond donors (Lipinski definition) is 4. The lowest BCUT2D eigenvalue weighted by Gasteiger charge is -2.48. The molecule has 39 heavy (non-hydrogen) atoms. The quantitative estimate of drug-likeness (QED) is 0.178. The summed E-state index contributed by atoms with van der Waals surface area (Å²) in [4.78, 5) is 33.4. The molecule has 1 fully saturated rings. The lowest BCUT2D eigenvalue weighted by atomic mass is 9.78. The fourth-order valence-electron chi connectivity index (χ4n) is 5.12. The third-order valence-corrected chi connectivity index (χ3v) is 8.11. The molecule has 0 aromatic heterocycles. The Kier molecular flexibility index (Phi) is 7.38. The van der Waals surface area contributed by atoms with Gasteiger partial charge in [-0.05, 0) is 59.9 Å². The molecule has 0 radical (unpaired) electrons. The van der Waals surface area contributed by atoms with Crippen LogP contribution in [-0.4, -0.2) is 25.9 Å². The van der Waals surface area contributed by atoms with E-state index < -0.39 is 31.5 Å². The van der Waals surface area contributed by atoms with Gasteiger partial charge in [0.25, 0.3) is 0 Å². The number of para-hydroxylation sites is 1. The van der Waals surface area contributed by atoms with Gasteiger partial charge in [0.2, 0.25) is 5.91 Å². The third kappa shape index (κ3) is 5.37. The highest BCUT2D eigenvalue weighted by Crippen LogP contribution is 2.48. The van der Waals surface area contributed by atoms with Crippen LogP contribution in [0.25, 0.3) is 11.1 Å². The number of β-lactam (4-membered cyclic amide) rings is 1. The summed E-state index contributed by atoms with van der Waals surface area (Å²) in [5.41, 5.74) is 2.48. The van der Waals surface area contributed by atoms with E-state index in [0.717, 1.165) is 5.56 Å². The van der Waals surface area contributed by atoms with Crippen LogP contribution in [0.3, 0.4) is 0 Å². The van der Waals surface area contributed by atoms with Gasteiger partial charge in [0.1, 0.15) is 11.6 Å². The molecule has 0 saturated carbocycles. The molecular weight excluding hydrogens is 520 g/mol. The highest BCUT2D eigenvalue weighted by molar-refractivity contribution is 7.60. The molecule has 0 aliphatic carbocycles. The zero-order chi connectivity index (χ0) is 27.7. The molecule has 0 spiro atoms.